The molecule has 0 fully saturated rings. The van der Waals surface area contributed by atoms with E-state index in [9.17, 15) is 0 Å². The van der Waals surface area contributed by atoms with Crippen LogP contribution in [0.4, 0.5) is 0 Å². The van der Waals surface area contributed by atoms with Crippen molar-refractivity contribution in [2.24, 2.45) is 5.73 Å². The molecule has 0 spiro atoms. The Bertz CT molecular complexity index is 341. The van der Waals surface area contributed by atoms with Crippen LogP contribution in [0.5, 0.6) is 0 Å². The largest absolute Gasteiger partial charge is 0.496 e. The third-order valence-electron chi connectivity index (χ3n) is 2.50. The van der Waals surface area contributed by atoms with Gasteiger partial charge in [-0.2, -0.15) is 0 Å². The molecule has 1 aromatic rings. The molecule has 1 unspecified atom stereocenters. The maximum Gasteiger partial charge on any atom is 0.113 e. The molecule has 76 valence electrons. The summed E-state index contributed by atoms with van der Waals surface area (Å²) in [7, 11) is 0. The minimum atomic E-state index is -0.172. The summed E-state index contributed by atoms with van der Waals surface area (Å²) in [6.07, 6.45) is 5.87. The van der Waals surface area contributed by atoms with E-state index in [1.54, 1.807) is 6.26 Å². The van der Waals surface area contributed by atoms with Crippen LogP contribution in [0.25, 0.3) is 0 Å². The van der Waals surface area contributed by atoms with Crippen LogP contribution in [0.15, 0.2) is 28.6 Å². The van der Waals surface area contributed by atoms with Crippen LogP contribution < -0.4 is 5.73 Å². The molecule has 0 radical (unpaired) electrons. The number of allylic oxidation sites excluding steroid dienone is 1. The highest BCUT2D eigenvalue weighted by atomic mass is 16.5. The summed E-state index contributed by atoms with van der Waals surface area (Å²) in [5, 5.41) is 0. The summed E-state index contributed by atoms with van der Waals surface area (Å²) in [6.45, 7) is 2.69. The summed E-state index contributed by atoms with van der Waals surface area (Å²) in [4.78, 5) is 0. The molecule has 2 N–H and O–H groups in total. The fourth-order valence-electron chi connectivity index (χ4n) is 1.66. The van der Waals surface area contributed by atoms with E-state index in [0.29, 0.717) is 0 Å². The summed E-state index contributed by atoms with van der Waals surface area (Å²) in [5.74, 6) is 1.74. The van der Waals surface area contributed by atoms with Crippen molar-refractivity contribution in [1.29, 1.82) is 0 Å². The number of furan rings is 1. The first kappa shape index (κ1) is 9.34. The number of rotatable bonds is 2. The predicted molar refractivity (Wildman–Crippen MR) is 53.6 cm³/mol. The van der Waals surface area contributed by atoms with Gasteiger partial charge in [0.15, 0.2) is 0 Å². The van der Waals surface area contributed by atoms with Crippen molar-refractivity contribution in [3.63, 3.8) is 0 Å². The summed E-state index contributed by atoms with van der Waals surface area (Å²) in [6, 6.07) is 1.73. The summed E-state index contributed by atoms with van der Waals surface area (Å²) >= 11 is 0. The third-order valence-corrected chi connectivity index (χ3v) is 2.50. The lowest BCUT2D eigenvalue weighted by Gasteiger charge is -2.20. The van der Waals surface area contributed by atoms with Gasteiger partial charge in [0.1, 0.15) is 11.5 Å². The molecule has 1 aromatic heterocycles. The molecule has 0 aliphatic carbocycles. The van der Waals surface area contributed by atoms with Gasteiger partial charge in [-0.25, -0.2) is 0 Å². The first-order valence-corrected chi connectivity index (χ1v) is 4.91. The predicted octanol–water partition coefficient (Wildman–Crippen LogP) is 2.28. The van der Waals surface area contributed by atoms with Gasteiger partial charge >= 0.3 is 0 Å². The second-order valence-electron chi connectivity index (χ2n) is 3.51. The average molecular weight is 193 g/mol. The molecule has 1 atom stereocenters. The van der Waals surface area contributed by atoms with Gasteiger partial charge in [-0.15, -0.1) is 0 Å². The zero-order valence-corrected chi connectivity index (χ0v) is 8.32. The fraction of sp³-hybridized carbons (Fsp3) is 0.455. The van der Waals surface area contributed by atoms with Gasteiger partial charge in [0.25, 0.3) is 0 Å². The molecular weight excluding hydrogens is 178 g/mol. The van der Waals surface area contributed by atoms with Gasteiger partial charge in [-0.1, -0.05) is 0 Å². The van der Waals surface area contributed by atoms with E-state index in [-0.39, 0.29) is 6.04 Å². The highest BCUT2D eigenvalue weighted by Crippen LogP contribution is 2.26. The smallest absolute Gasteiger partial charge is 0.113 e. The quantitative estimate of drug-likeness (QED) is 0.783. The Morgan fingerprint density at radius 1 is 1.50 bits per heavy atom. The van der Waals surface area contributed by atoms with Crippen LogP contribution in [0.3, 0.4) is 0 Å². The Morgan fingerprint density at radius 2 is 2.36 bits per heavy atom. The van der Waals surface area contributed by atoms with Gasteiger partial charge in [0.05, 0.1) is 18.9 Å². The molecule has 1 aliphatic heterocycles. The van der Waals surface area contributed by atoms with E-state index in [1.807, 2.05) is 13.0 Å². The van der Waals surface area contributed by atoms with E-state index >= 15 is 0 Å². The topological polar surface area (TPSA) is 48.4 Å². The van der Waals surface area contributed by atoms with E-state index in [4.69, 9.17) is 14.9 Å². The monoisotopic (exact) mass is 193 g/mol. The van der Waals surface area contributed by atoms with Crippen molar-refractivity contribution in [1.82, 2.24) is 0 Å². The summed E-state index contributed by atoms with van der Waals surface area (Å²) in [5.41, 5.74) is 7.07. The van der Waals surface area contributed by atoms with Crippen molar-refractivity contribution in [3.05, 3.63) is 35.5 Å². The second kappa shape index (κ2) is 3.88. The minimum absolute atomic E-state index is 0.172. The zero-order valence-electron chi connectivity index (χ0n) is 8.32. The lowest BCUT2D eigenvalue weighted by molar-refractivity contribution is 0.175. The molecule has 0 bridgehead atoms. The Balaban J connectivity index is 2.19. The van der Waals surface area contributed by atoms with E-state index in [0.717, 1.165) is 36.5 Å². The molecular formula is C11H15NO2. The van der Waals surface area contributed by atoms with Crippen LogP contribution in [0, 0.1) is 6.92 Å². The molecule has 3 heteroatoms. The van der Waals surface area contributed by atoms with Crippen LogP contribution in [-0.2, 0) is 4.74 Å². The van der Waals surface area contributed by atoms with Crippen molar-refractivity contribution < 1.29 is 9.15 Å². The zero-order chi connectivity index (χ0) is 9.97. The SMILES string of the molecule is Cc1occc1C(N)C1=CCCCO1. The Labute approximate surface area is 83.5 Å². The highest BCUT2D eigenvalue weighted by Gasteiger charge is 2.18. The Kier molecular flexibility index (Phi) is 2.59. The molecule has 3 nitrogen and oxygen atoms in total. The average Bonchev–Trinajstić information content (AvgIpc) is 2.65. The number of ether oxygens (including phenoxy) is 1. The molecule has 1 aliphatic rings. The maximum absolute atomic E-state index is 6.06. The minimum Gasteiger partial charge on any atom is -0.496 e. The van der Waals surface area contributed by atoms with Gasteiger partial charge in [0, 0.05) is 5.56 Å². The number of aryl methyl sites for hydroxylation is 1. The van der Waals surface area contributed by atoms with Crippen LogP contribution in [0.1, 0.15) is 30.2 Å². The van der Waals surface area contributed by atoms with Gasteiger partial charge in [-0.05, 0) is 31.9 Å². The molecule has 0 saturated heterocycles. The second-order valence-corrected chi connectivity index (χ2v) is 3.51. The van der Waals surface area contributed by atoms with Crippen LogP contribution in [-0.4, -0.2) is 6.61 Å². The van der Waals surface area contributed by atoms with E-state index in [1.165, 1.54) is 0 Å². The molecule has 0 amide bonds. The number of nitrogens with two attached hydrogens (primary N) is 1. The van der Waals surface area contributed by atoms with Crippen LogP contribution in [0.2, 0.25) is 0 Å². The van der Waals surface area contributed by atoms with E-state index in [2.05, 4.69) is 6.08 Å². The van der Waals surface area contributed by atoms with Crippen molar-refractivity contribution in [2.45, 2.75) is 25.8 Å². The highest BCUT2D eigenvalue weighted by molar-refractivity contribution is 5.26. The first-order valence-electron chi connectivity index (χ1n) is 4.91. The van der Waals surface area contributed by atoms with Crippen molar-refractivity contribution in [2.75, 3.05) is 6.61 Å². The van der Waals surface area contributed by atoms with Gasteiger partial charge in [-0.3, -0.25) is 0 Å². The normalized spacial score (nSPS) is 18.6. The first-order chi connectivity index (χ1) is 6.79. The fourth-order valence-corrected chi connectivity index (χ4v) is 1.66. The molecule has 2 heterocycles. The van der Waals surface area contributed by atoms with Crippen molar-refractivity contribution in [3.8, 4) is 0 Å². The lowest BCUT2D eigenvalue weighted by Crippen LogP contribution is -2.18. The lowest BCUT2D eigenvalue weighted by atomic mass is 10.0. The summed E-state index contributed by atoms with van der Waals surface area (Å²) < 4.78 is 10.7. The third kappa shape index (κ3) is 1.68. The van der Waals surface area contributed by atoms with Gasteiger partial charge in [0.2, 0.25) is 0 Å². The number of hydrogen-bond donors (Lipinski definition) is 1. The molecule has 14 heavy (non-hydrogen) atoms. The van der Waals surface area contributed by atoms with Gasteiger partial charge < -0.3 is 14.9 Å². The Hall–Kier alpha value is -1.22. The van der Waals surface area contributed by atoms with E-state index < -0.39 is 0 Å². The molecule has 2 rings (SSSR count). The van der Waals surface area contributed by atoms with Crippen molar-refractivity contribution >= 4 is 0 Å². The molecule has 0 aromatic carbocycles. The standard InChI is InChI=1S/C11H15NO2/c1-8-9(5-7-13-8)11(12)10-4-2-3-6-14-10/h4-5,7,11H,2-3,6,12H2,1H3. The Morgan fingerprint density at radius 3 is 2.93 bits per heavy atom. The number of hydrogen-bond acceptors (Lipinski definition) is 3. The molecule has 0 saturated carbocycles. The van der Waals surface area contributed by atoms with Crippen LogP contribution >= 0.6 is 0 Å². The maximum atomic E-state index is 6.06.